The lowest BCUT2D eigenvalue weighted by Crippen LogP contribution is -2.50. The molecule has 11 nitrogen and oxygen atoms in total. The van der Waals surface area contributed by atoms with E-state index in [0.29, 0.717) is 0 Å². The normalized spacial score (nSPS) is 15.8. The highest BCUT2D eigenvalue weighted by atomic mass is 32.2. The zero-order valence-corrected chi connectivity index (χ0v) is 20.8. The Morgan fingerprint density at radius 3 is 2.38 bits per heavy atom. The lowest BCUT2D eigenvalue weighted by Gasteiger charge is -2.28. The van der Waals surface area contributed by atoms with Gasteiger partial charge in [0.25, 0.3) is 11.6 Å². The number of carbonyl (C=O) groups excluding carboxylic acids is 1. The Labute approximate surface area is 222 Å². The number of hydrogen-bond acceptors (Lipinski definition) is 10. The van der Waals surface area contributed by atoms with E-state index in [2.05, 4.69) is 21.2 Å². The molecule has 0 fully saturated rings. The fraction of sp³-hybridized carbons (Fsp3) is 0.350. The molecule has 218 valence electrons. The van der Waals surface area contributed by atoms with E-state index < -0.39 is 69.4 Å². The fourth-order valence-electron chi connectivity index (χ4n) is 3.02. The van der Waals surface area contributed by atoms with Crippen LogP contribution in [-0.4, -0.2) is 55.3 Å². The van der Waals surface area contributed by atoms with Crippen LogP contribution in [0.2, 0.25) is 0 Å². The summed E-state index contributed by atoms with van der Waals surface area (Å²) in [5.74, 6) is -16.8. The molecule has 0 saturated heterocycles. The van der Waals surface area contributed by atoms with Crippen LogP contribution in [0.5, 0.6) is 0 Å². The molecule has 2 atom stereocenters. The topological polar surface area (TPSA) is 145 Å². The number of amides is 1. The van der Waals surface area contributed by atoms with Gasteiger partial charge >= 0.3 is 18.0 Å². The summed E-state index contributed by atoms with van der Waals surface area (Å²) in [4.78, 5) is 26.4. The Bertz CT molecular complexity index is 1340. The van der Waals surface area contributed by atoms with Gasteiger partial charge in [0, 0.05) is 28.8 Å². The number of aliphatic hydroxyl groups excluding tert-OH is 1. The minimum absolute atomic E-state index is 0.0106. The van der Waals surface area contributed by atoms with Crippen LogP contribution in [-0.2, 0) is 5.92 Å². The zero-order valence-electron chi connectivity index (χ0n) is 19.9. The molecule has 0 unspecified atom stereocenters. The van der Waals surface area contributed by atoms with Gasteiger partial charge in [-0.2, -0.15) is 30.7 Å². The number of aromatic nitrogens is 1. The highest BCUT2D eigenvalue weighted by Crippen LogP contribution is 2.51. The number of anilines is 1. The van der Waals surface area contributed by atoms with Gasteiger partial charge in [0.05, 0.1) is 22.6 Å². The minimum Gasteiger partial charge on any atom is -0.391 e. The highest BCUT2D eigenvalue weighted by Gasteiger charge is 2.73. The molecule has 1 aliphatic heterocycles. The molecule has 0 radical (unpaired) electrons. The van der Waals surface area contributed by atoms with E-state index >= 15 is 0 Å². The van der Waals surface area contributed by atoms with E-state index in [1.165, 1.54) is 11.9 Å². The Morgan fingerprint density at radius 1 is 1.18 bits per heavy atom. The summed E-state index contributed by atoms with van der Waals surface area (Å²) in [6, 6.07) is 2.01. The second-order valence-corrected chi connectivity index (χ2v) is 9.17. The first-order valence-electron chi connectivity index (χ1n) is 10.7. The van der Waals surface area contributed by atoms with E-state index in [1.54, 1.807) is 6.92 Å². The summed E-state index contributed by atoms with van der Waals surface area (Å²) in [7, 11) is 0. The maximum atomic E-state index is 14.5. The summed E-state index contributed by atoms with van der Waals surface area (Å²) in [6.07, 6.45) is -7.73. The number of aliphatic hydroxyl groups is 1. The second kappa shape index (κ2) is 11.0. The van der Waals surface area contributed by atoms with Gasteiger partial charge in [-0.15, -0.1) is 10.6 Å². The lowest BCUT2D eigenvalue weighted by atomic mass is 10.0. The van der Waals surface area contributed by atoms with Crippen molar-refractivity contribution in [3.63, 3.8) is 0 Å². The Morgan fingerprint density at radius 2 is 1.82 bits per heavy atom. The summed E-state index contributed by atoms with van der Waals surface area (Å²) in [6.45, 7) is 3.08. The van der Waals surface area contributed by atoms with Gasteiger partial charge in [-0.3, -0.25) is 19.9 Å². The summed E-state index contributed by atoms with van der Waals surface area (Å²) >= 11 is 0.759. The monoisotopic (exact) mass is 603 g/mol. The number of pyridine rings is 1. The van der Waals surface area contributed by atoms with Crippen LogP contribution in [0, 0.1) is 15.9 Å². The number of benzene rings is 1. The smallest absolute Gasteiger partial charge is 0.391 e. The summed E-state index contributed by atoms with van der Waals surface area (Å²) in [5, 5.41) is 28.3. The van der Waals surface area contributed by atoms with Gasteiger partial charge in [-0.05, 0) is 37.7 Å². The number of amidine groups is 1. The first-order chi connectivity index (χ1) is 18.4. The van der Waals surface area contributed by atoms with Crippen molar-refractivity contribution < 1.29 is 49.9 Å². The molecule has 0 aliphatic carbocycles. The SMILES string of the molecule is C[C@H](O)[C@@H](C)N1NNN=C1Sc1ccc([N+](=O)[O-])cc1C(=O)Nc1ncc(C(F)(F)C(F)(F)C(F)(F)F)cc1F. The van der Waals surface area contributed by atoms with Crippen molar-refractivity contribution in [1.82, 2.24) is 21.1 Å². The minimum atomic E-state index is -6.67. The number of alkyl halides is 7. The molecular weight excluding hydrogens is 586 g/mol. The standard InChI is InChI=1S/C20H17F8N7O4S/c1-8(9(2)36)34-17(31-32-33-34)40-14-4-3-11(35(38)39)6-12(14)16(37)30-15-13(21)5-10(7-29-15)18(22,23)19(24,25)20(26,27)28/h3-9,32-33,36H,1-2H3,(H,29,30,37)/t8-,9+/m1/s1. The number of nitrogens with zero attached hydrogens (tertiary/aromatic N) is 4. The molecule has 40 heavy (non-hydrogen) atoms. The first kappa shape index (κ1) is 30.8. The summed E-state index contributed by atoms with van der Waals surface area (Å²) in [5.41, 5.74) is 1.85. The highest BCUT2D eigenvalue weighted by molar-refractivity contribution is 8.13. The molecule has 1 aromatic heterocycles. The van der Waals surface area contributed by atoms with Crippen LogP contribution in [0.15, 0.2) is 40.5 Å². The molecule has 2 heterocycles. The molecule has 1 aliphatic rings. The van der Waals surface area contributed by atoms with Gasteiger partial charge in [-0.1, -0.05) is 0 Å². The second-order valence-electron chi connectivity index (χ2n) is 8.16. The van der Waals surface area contributed by atoms with Gasteiger partial charge in [0.15, 0.2) is 11.6 Å². The van der Waals surface area contributed by atoms with Gasteiger partial charge in [0.1, 0.15) is 0 Å². The van der Waals surface area contributed by atoms with E-state index in [4.69, 9.17) is 0 Å². The summed E-state index contributed by atoms with van der Waals surface area (Å²) < 4.78 is 106. The van der Waals surface area contributed by atoms with Crippen LogP contribution in [0.4, 0.5) is 46.6 Å². The predicted octanol–water partition coefficient (Wildman–Crippen LogP) is 4.13. The van der Waals surface area contributed by atoms with Crippen molar-refractivity contribution in [2.75, 3.05) is 5.32 Å². The van der Waals surface area contributed by atoms with Crippen molar-refractivity contribution in [3.8, 4) is 0 Å². The zero-order chi connectivity index (χ0) is 30.2. The van der Waals surface area contributed by atoms with E-state index in [9.17, 15) is 55.1 Å². The molecule has 0 spiro atoms. The third-order valence-corrected chi connectivity index (χ3v) is 6.49. The molecule has 0 saturated carbocycles. The lowest BCUT2D eigenvalue weighted by molar-refractivity contribution is -0.384. The van der Waals surface area contributed by atoms with Crippen molar-refractivity contribution in [3.05, 3.63) is 57.5 Å². The number of non-ortho nitro benzene ring substituents is 1. The number of rotatable bonds is 8. The first-order valence-corrected chi connectivity index (χ1v) is 11.5. The van der Waals surface area contributed by atoms with Crippen molar-refractivity contribution in [1.29, 1.82) is 0 Å². The number of halogens is 8. The van der Waals surface area contributed by atoms with E-state index in [1.807, 2.05) is 5.32 Å². The third kappa shape index (κ3) is 5.87. The molecule has 1 aromatic carbocycles. The molecule has 0 bridgehead atoms. The van der Waals surface area contributed by atoms with Crippen LogP contribution in [0.25, 0.3) is 0 Å². The Kier molecular flexibility index (Phi) is 8.46. The van der Waals surface area contributed by atoms with Gasteiger partial charge in [-0.25, -0.2) is 14.9 Å². The van der Waals surface area contributed by atoms with E-state index in [0.717, 1.165) is 30.0 Å². The third-order valence-electron chi connectivity index (χ3n) is 5.44. The maximum Gasteiger partial charge on any atom is 0.460 e. The largest absolute Gasteiger partial charge is 0.460 e. The number of carbonyl (C=O) groups is 1. The molecule has 1 amide bonds. The van der Waals surface area contributed by atoms with Crippen LogP contribution >= 0.6 is 11.8 Å². The van der Waals surface area contributed by atoms with Crippen LogP contribution in [0.3, 0.4) is 0 Å². The molecule has 2 aromatic rings. The number of hydrazine groups is 2. The molecule has 4 N–H and O–H groups in total. The number of nitrogens with one attached hydrogen (secondary N) is 3. The average molecular weight is 603 g/mol. The Hall–Kier alpha value is -3.78. The van der Waals surface area contributed by atoms with Crippen molar-refractivity contribution in [2.45, 2.75) is 48.9 Å². The van der Waals surface area contributed by atoms with Crippen molar-refractivity contribution in [2.24, 2.45) is 5.10 Å². The number of hydrogen-bond donors (Lipinski definition) is 4. The fourth-order valence-corrected chi connectivity index (χ4v) is 4.02. The predicted molar refractivity (Wildman–Crippen MR) is 123 cm³/mol. The molecule has 3 rings (SSSR count). The van der Waals surface area contributed by atoms with E-state index in [-0.39, 0.29) is 22.3 Å². The number of thioether (sulfide) groups is 1. The van der Waals surface area contributed by atoms with Crippen LogP contribution in [0.1, 0.15) is 29.8 Å². The van der Waals surface area contributed by atoms with Gasteiger partial charge in [0.2, 0.25) is 5.17 Å². The maximum absolute atomic E-state index is 14.5. The molecule has 20 heteroatoms. The number of hydrazone groups is 1. The van der Waals surface area contributed by atoms with Gasteiger partial charge < -0.3 is 10.4 Å². The quantitative estimate of drug-likeness (QED) is 0.199. The van der Waals surface area contributed by atoms with Crippen LogP contribution < -0.4 is 16.4 Å². The molecular formula is C20H17F8N7O4S. The number of nitro benzene ring substituents is 1. The average Bonchev–Trinajstić information content (AvgIpc) is 3.31. The Balaban J connectivity index is 1.93. The number of nitro groups is 1. The van der Waals surface area contributed by atoms with Crippen molar-refractivity contribution >= 4 is 34.3 Å².